The van der Waals surface area contributed by atoms with Gasteiger partial charge in [-0.15, -0.1) is 0 Å². The van der Waals surface area contributed by atoms with Crippen molar-refractivity contribution >= 4 is 22.1 Å². The molecule has 0 saturated carbocycles. The Bertz CT molecular complexity index is 589. The minimum Gasteiger partial charge on any atom is -0.398 e. The second-order valence-corrected chi connectivity index (χ2v) is 4.44. The molecule has 0 amide bonds. The molecule has 1 heterocycles. The van der Waals surface area contributed by atoms with Gasteiger partial charge in [0.25, 0.3) is 5.56 Å². The summed E-state index contributed by atoms with van der Waals surface area (Å²) >= 11 is 0. The number of nitrogens with one attached hydrogen (secondary N) is 2. The van der Waals surface area contributed by atoms with E-state index in [1.54, 1.807) is 18.3 Å². The first-order valence-electron chi connectivity index (χ1n) is 6.37. The number of aromatic nitrogens is 1. The van der Waals surface area contributed by atoms with E-state index in [0.717, 1.165) is 24.0 Å². The molecule has 1 aromatic heterocycles. The third-order valence-electron chi connectivity index (χ3n) is 3.05. The molecular formula is C14H19N3O. The average molecular weight is 245 g/mol. The first-order chi connectivity index (χ1) is 8.74. The Labute approximate surface area is 106 Å². The second kappa shape index (κ2) is 5.58. The lowest BCUT2D eigenvalue weighted by Gasteiger charge is -2.10. The number of benzene rings is 1. The third-order valence-corrected chi connectivity index (χ3v) is 3.05. The molecule has 0 aliphatic carbocycles. The van der Waals surface area contributed by atoms with Gasteiger partial charge in [0.05, 0.1) is 11.1 Å². The molecule has 1 aromatic carbocycles. The smallest absolute Gasteiger partial charge is 0.256 e. The number of hydrogen-bond donors (Lipinski definition) is 3. The van der Waals surface area contributed by atoms with Gasteiger partial charge in [0.2, 0.25) is 0 Å². The van der Waals surface area contributed by atoms with Crippen molar-refractivity contribution in [2.24, 2.45) is 0 Å². The molecule has 4 heteroatoms. The third kappa shape index (κ3) is 2.47. The van der Waals surface area contributed by atoms with Crippen molar-refractivity contribution in [3.05, 3.63) is 34.7 Å². The van der Waals surface area contributed by atoms with Gasteiger partial charge in [-0.1, -0.05) is 25.8 Å². The molecule has 0 fully saturated rings. The summed E-state index contributed by atoms with van der Waals surface area (Å²) in [6, 6.07) is 5.41. The predicted octanol–water partition coefficient (Wildman–Crippen LogP) is 2.71. The number of pyridine rings is 1. The van der Waals surface area contributed by atoms with E-state index < -0.39 is 0 Å². The Kier molecular flexibility index (Phi) is 3.87. The van der Waals surface area contributed by atoms with Crippen molar-refractivity contribution in [3.8, 4) is 0 Å². The maximum absolute atomic E-state index is 11.7. The Balaban J connectivity index is 2.33. The van der Waals surface area contributed by atoms with Crippen LogP contribution >= 0.6 is 0 Å². The van der Waals surface area contributed by atoms with Crippen LogP contribution in [0.1, 0.15) is 26.2 Å². The van der Waals surface area contributed by atoms with Crippen LogP contribution in [0.3, 0.4) is 0 Å². The molecule has 0 unspecified atom stereocenters. The fraction of sp³-hybridized carbons (Fsp3) is 0.357. The van der Waals surface area contributed by atoms with Gasteiger partial charge in [-0.25, -0.2) is 0 Å². The maximum atomic E-state index is 11.7. The van der Waals surface area contributed by atoms with E-state index in [1.807, 2.05) is 6.07 Å². The summed E-state index contributed by atoms with van der Waals surface area (Å²) in [5, 5.41) is 4.79. The molecule has 0 aliphatic heterocycles. The van der Waals surface area contributed by atoms with Gasteiger partial charge in [0, 0.05) is 23.8 Å². The number of nitrogen functional groups attached to an aromatic ring is 1. The van der Waals surface area contributed by atoms with Crippen LogP contribution in [-0.4, -0.2) is 11.5 Å². The summed E-state index contributed by atoms with van der Waals surface area (Å²) < 4.78 is 0. The normalized spacial score (nSPS) is 10.7. The van der Waals surface area contributed by atoms with Crippen molar-refractivity contribution in [1.29, 1.82) is 0 Å². The van der Waals surface area contributed by atoms with Crippen LogP contribution in [-0.2, 0) is 0 Å². The van der Waals surface area contributed by atoms with Gasteiger partial charge in [0.1, 0.15) is 0 Å². The van der Waals surface area contributed by atoms with Crippen LogP contribution in [0.4, 0.5) is 11.4 Å². The number of hydrogen-bond acceptors (Lipinski definition) is 3. The van der Waals surface area contributed by atoms with Gasteiger partial charge in [0.15, 0.2) is 0 Å². The number of anilines is 2. The molecule has 2 aromatic rings. The SMILES string of the molecule is CCCCCNc1c[nH]c(=O)c2cccc(N)c12. The highest BCUT2D eigenvalue weighted by Gasteiger charge is 2.06. The number of nitrogens with two attached hydrogens (primary N) is 1. The molecular weight excluding hydrogens is 226 g/mol. The molecule has 0 spiro atoms. The van der Waals surface area contributed by atoms with Crippen molar-refractivity contribution in [3.63, 3.8) is 0 Å². The van der Waals surface area contributed by atoms with E-state index in [-0.39, 0.29) is 5.56 Å². The van der Waals surface area contributed by atoms with Gasteiger partial charge in [-0.3, -0.25) is 4.79 Å². The summed E-state index contributed by atoms with van der Waals surface area (Å²) in [4.78, 5) is 14.5. The highest BCUT2D eigenvalue weighted by atomic mass is 16.1. The number of H-pyrrole nitrogens is 1. The molecule has 0 atom stereocenters. The fourth-order valence-corrected chi connectivity index (χ4v) is 2.09. The van der Waals surface area contributed by atoms with E-state index in [9.17, 15) is 4.79 Å². The highest BCUT2D eigenvalue weighted by molar-refractivity contribution is 6.01. The van der Waals surface area contributed by atoms with Crippen LogP contribution in [0.5, 0.6) is 0 Å². The number of fused-ring (bicyclic) bond motifs is 1. The molecule has 0 bridgehead atoms. The average Bonchev–Trinajstić information content (AvgIpc) is 2.38. The Morgan fingerprint density at radius 3 is 2.94 bits per heavy atom. The van der Waals surface area contributed by atoms with Crippen LogP contribution in [0.2, 0.25) is 0 Å². The van der Waals surface area contributed by atoms with Gasteiger partial charge in [-0.05, 0) is 18.6 Å². The molecule has 4 nitrogen and oxygen atoms in total. The minimum absolute atomic E-state index is 0.101. The second-order valence-electron chi connectivity index (χ2n) is 4.44. The van der Waals surface area contributed by atoms with Crippen LogP contribution < -0.4 is 16.6 Å². The summed E-state index contributed by atoms with van der Waals surface area (Å²) in [7, 11) is 0. The zero-order chi connectivity index (χ0) is 13.0. The zero-order valence-electron chi connectivity index (χ0n) is 10.6. The quantitative estimate of drug-likeness (QED) is 0.560. The van der Waals surface area contributed by atoms with E-state index in [1.165, 1.54) is 12.8 Å². The van der Waals surface area contributed by atoms with Crippen molar-refractivity contribution in [1.82, 2.24) is 4.98 Å². The first-order valence-corrected chi connectivity index (χ1v) is 6.37. The lowest BCUT2D eigenvalue weighted by atomic mass is 10.1. The lowest BCUT2D eigenvalue weighted by Crippen LogP contribution is -2.10. The van der Waals surface area contributed by atoms with Crippen molar-refractivity contribution in [2.45, 2.75) is 26.2 Å². The summed E-state index contributed by atoms with van der Waals surface area (Å²) in [5.41, 5.74) is 7.40. The molecule has 4 N–H and O–H groups in total. The van der Waals surface area contributed by atoms with E-state index in [4.69, 9.17) is 5.73 Å². The molecule has 0 saturated heterocycles. The number of rotatable bonds is 5. The number of unbranched alkanes of at least 4 members (excludes halogenated alkanes) is 2. The van der Waals surface area contributed by atoms with E-state index in [0.29, 0.717) is 11.1 Å². The van der Waals surface area contributed by atoms with Crippen molar-refractivity contribution < 1.29 is 0 Å². The zero-order valence-corrected chi connectivity index (χ0v) is 10.6. The van der Waals surface area contributed by atoms with E-state index in [2.05, 4.69) is 17.2 Å². The van der Waals surface area contributed by atoms with Gasteiger partial charge in [-0.2, -0.15) is 0 Å². The summed E-state index contributed by atoms with van der Waals surface area (Å²) in [6.07, 6.45) is 5.21. The van der Waals surface area contributed by atoms with Crippen LogP contribution in [0, 0.1) is 0 Å². The van der Waals surface area contributed by atoms with Crippen LogP contribution in [0.15, 0.2) is 29.2 Å². The van der Waals surface area contributed by atoms with Crippen LogP contribution in [0.25, 0.3) is 10.8 Å². The fourth-order valence-electron chi connectivity index (χ4n) is 2.09. The molecule has 0 aliphatic rings. The highest BCUT2D eigenvalue weighted by Crippen LogP contribution is 2.25. The molecule has 96 valence electrons. The van der Waals surface area contributed by atoms with E-state index >= 15 is 0 Å². The molecule has 2 rings (SSSR count). The van der Waals surface area contributed by atoms with Crippen molar-refractivity contribution in [2.75, 3.05) is 17.6 Å². The largest absolute Gasteiger partial charge is 0.398 e. The Morgan fingerprint density at radius 1 is 1.33 bits per heavy atom. The van der Waals surface area contributed by atoms with Gasteiger partial charge < -0.3 is 16.0 Å². The molecule has 0 radical (unpaired) electrons. The van der Waals surface area contributed by atoms with Gasteiger partial charge >= 0.3 is 0 Å². The molecule has 18 heavy (non-hydrogen) atoms. The summed E-state index contributed by atoms with van der Waals surface area (Å²) in [5.74, 6) is 0. The maximum Gasteiger partial charge on any atom is 0.256 e. The Hall–Kier alpha value is -1.97. The Morgan fingerprint density at radius 2 is 2.17 bits per heavy atom. The standard InChI is InChI=1S/C14H19N3O/c1-2-3-4-8-16-12-9-17-14(18)10-6-5-7-11(15)13(10)12/h5-7,9,16H,2-4,8,15H2,1H3,(H,17,18). The monoisotopic (exact) mass is 245 g/mol. The minimum atomic E-state index is -0.101. The topological polar surface area (TPSA) is 70.9 Å². The first kappa shape index (κ1) is 12.5. The number of aromatic amines is 1. The summed E-state index contributed by atoms with van der Waals surface area (Å²) in [6.45, 7) is 3.07. The predicted molar refractivity (Wildman–Crippen MR) is 77.0 cm³/mol. The lowest BCUT2D eigenvalue weighted by molar-refractivity contribution is 0.744.